The topological polar surface area (TPSA) is 16.3 Å². The minimum absolute atomic E-state index is 0.0638. The van der Waals surface area contributed by atoms with E-state index in [1.165, 1.54) is 15.7 Å². The molecule has 0 N–H and O–H groups in total. The van der Waals surface area contributed by atoms with Crippen LogP contribution >= 0.6 is 0 Å². The van der Waals surface area contributed by atoms with Crippen molar-refractivity contribution in [2.75, 3.05) is 9.80 Å². The van der Waals surface area contributed by atoms with Gasteiger partial charge in [0.05, 0.1) is 49.7 Å². The van der Waals surface area contributed by atoms with E-state index in [0.29, 0.717) is 22.7 Å². The van der Waals surface area contributed by atoms with Gasteiger partial charge in [0.25, 0.3) is 6.71 Å². The van der Waals surface area contributed by atoms with E-state index in [9.17, 15) is 19.2 Å². The number of nitrogens with zero attached hydrogens (tertiary/aromatic N) is 4. The number of para-hydroxylation sites is 4. The molecule has 0 radical (unpaired) electrons. The summed E-state index contributed by atoms with van der Waals surface area (Å²) in [6.45, 7) is 39.2. The van der Waals surface area contributed by atoms with Gasteiger partial charge in [-0.05, 0) is 194 Å². The van der Waals surface area contributed by atoms with E-state index in [4.69, 9.17) is 2.74 Å². The van der Waals surface area contributed by atoms with E-state index in [1.54, 1.807) is 4.57 Å². The third kappa shape index (κ3) is 11.3. The molecule has 16 rings (SSSR count). The van der Waals surface area contributed by atoms with Gasteiger partial charge in [-0.3, -0.25) is 0 Å². The standard InChI is InChI=1S/C96H95BN4/c1-91(2,3)66-47-63(48-67(54-66)92(4,5)6)60-35-40-72(41-36-60)98-86-53-62(65-51-70(95(13,14)15)56-71(52-65)96(16,17)18)39-45-80(86)97-81-46-44-74(100-82-31-23-19-27-76(82)77-28-20-24-32-83(77)100)57-87(81)99(73-42-37-61(38-43-73)64-49-68(93(7,8)9)55-69(50-64)94(10,11)12)89-59-75(58-88(98)90(89)97)101-84-33-25-21-29-78(84)79-30-22-26-34-85(79)101/h19-59H,1-18H3/i19D,20D,21D,22D,23D,24D,25D,26D,27D,28D,29D,30D,31D,32D,33D,34D. The second kappa shape index (κ2) is 23.2. The highest BCUT2D eigenvalue weighted by Crippen LogP contribution is 2.50. The zero-order valence-corrected chi connectivity index (χ0v) is 61.3. The van der Waals surface area contributed by atoms with Crippen LogP contribution in [0.25, 0.3) is 88.4 Å². The number of anilines is 6. The lowest BCUT2D eigenvalue weighted by Gasteiger charge is -2.44. The highest BCUT2D eigenvalue weighted by molar-refractivity contribution is 7.00. The predicted molar refractivity (Wildman–Crippen MR) is 438 cm³/mol. The summed E-state index contributed by atoms with van der Waals surface area (Å²) in [5.41, 5.74) is 18.0. The van der Waals surface area contributed by atoms with Crippen LogP contribution in [0.4, 0.5) is 34.1 Å². The highest BCUT2D eigenvalue weighted by atomic mass is 15.2. The fourth-order valence-corrected chi connectivity index (χ4v) is 14.9. The van der Waals surface area contributed by atoms with Crippen LogP contribution in [0.2, 0.25) is 0 Å². The molecule has 4 heterocycles. The molecule has 0 spiro atoms. The van der Waals surface area contributed by atoms with Gasteiger partial charge in [-0.1, -0.05) is 294 Å². The predicted octanol–water partition coefficient (Wildman–Crippen LogP) is 24.7. The Morgan fingerprint density at radius 1 is 0.248 bits per heavy atom. The van der Waals surface area contributed by atoms with Crippen molar-refractivity contribution in [2.24, 2.45) is 0 Å². The Hall–Kier alpha value is -10.1. The molecule has 502 valence electrons. The number of fused-ring (bicyclic) bond motifs is 10. The van der Waals surface area contributed by atoms with Crippen LogP contribution in [-0.2, 0) is 32.5 Å². The zero-order chi connectivity index (χ0) is 84.7. The van der Waals surface area contributed by atoms with Crippen molar-refractivity contribution in [3.05, 3.63) is 282 Å². The van der Waals surface area contributed by atoms with E-state index in [-0.39, 0.29) is 87.5 Å². The fourth-order valence-electron chi connectivity index (χ4n) is 14.9. The van der Waals surface area contributed by atoms with Crippen molar-refractivity contribution >= 4 is 101 Å². The molecule has 0 saturated carbocycles. The first-order chi connectivity index (χ1) is 54.5. The SMILES string of the molecule is [2H]c1c([2H])c([2H])c2c(c1[2H])c1c([2H])c([2H])c([2H])c([2H])c1n2-c1ccc2c(c1)N(c1ccc(-c3cc(C(C)(C)C)cc(C(C)(C)C)c3)cc1)c1cc(-n3c4c([2H])c([2H])c([2H])c([2H])c4c4c([2H])c([2H])c([2H])c([2H])c43)cc3c1B2c1ccc(-c2cc(C(C)(C)C)cc(C(C)(C)C)c2)cc1N3c1ccc(-c2cc(C(C)(C)C)cc(C(C)(C)C)c2)cc1. The monoisotopic (exact) mass is 1330 g/mol. The third-order valence-electron chi connectivity index (χ3n) is 20.9. The molecule has 2 aliphatic rings. The Morgan fingerprint density at radius 2 is 0.515 bits per heavy atom. The summed E-state index contributed by atoms with van der Waals surface area (Å²) in [5.74, 6) is 0. The van der Waals surface area contributed by atoms with Crippen LogP contribution < -0.4 is 26.2 Å². The normalized spacial score (nSPS) is 15.8. The van der Waals surface area contributed by atoms with Crippen molar-refractivity contribution in [2.45, 2.75) is 157 Å². The average molecular weight is 1330 g/mol. The van der Waals surface area contributed by atoms with Crippen LogP contribution in [0.15, 0.2) is 248 Å². The van der Waals surface area contributed by atoms with Crippen molar-refractivity contribution in [1.82, 2.24) is 9.13 Å². The summed E-state index contributed by atoms with van der Waals surface area (Å²) in [4.78, 5) is 4.35. The Morgan fingerprint density at radius 3 is 0.851 bits per heavy atom. The number of hydrogen-bond acceptors (Lipinski definition) is 2. The summed E-state index contributed by atoms with van der Waals surface area (Å²) in [7, 11) is 0. The van der Waals surface area contributed by atoms with Crippen molar-refractivity contribution < 1.29 is 21.9 Å². The molecule has 0 amide bonds. The summed E-state index contributed by atoms with van der Waals surface area (Å²) < 4.78 is 155. The van der Waals surface area contributed by atoms with Gasteiger partial charge in [0.2, 0.25) is 0 Å². The first-order valence-corrected chi connectivity index (χ1v) is 35.3. The smallest absolute Gasteiger partial charge is 0.252 e. The molecular weight excluding hydrogens is 1220 g/mol. The maximum atomic E-state index is 10.0. The summed E-state index contributed by atoms with van der Waals surface area (Å²) >= 11 is 0. The molecule has 5 heteroatoms. The lowest BCUT2D eigenvalue weighted by molar-refractivity contribution is 0.568. The van der Waals surface area contributed by atoms with E-state index < -0.39 is 103 Å². The molecule has 0 atom stereocenters. The van der Waals surface area contributed by atoms with E-state index in [2.05, 4.69) is 244 Å². The maximum Gasteiger partial charge on any atom is 0.252 e. The van der Waals surface area contributed by atoms with Crippen LogP contribution in [0.3, 0.4) is 0 Å². The minimum Gasteiger partial charge on any atom is -0.311 e. The van der Waals surface area contributed by atoms with Gasteiger partial charge in [0.15, 0.2) is 0 Å². The second-order valence-electron chi connectivity index (χ2n) is 34.1. The largest absolute Gasteiger partial charge is 0.311 e. The molecule has 101 heavy (non-hydrogen) atoms. The Kier molecular flexibility index (Phi) is 11.4. The summed E-state index contributed by atoms with van der Waals surface area (Å²) in [6, 6.07) is 45.2. The Balaban J connectivity index is 1.09. The maximum absolute atomic E-state index is 10.0. The lowest BCUT2D eigenvalue weighted by Crippen LogP contribution is -2.61. The molecule has 2 aromatic heterocycles. The van der Waals surface area contributed by atoms with Crippen LogP contribution in [0.5, 0.6) is 0 Å². The van der Waals surface area contributed by atoms with E-state index >= 15 is 0 Å². The molecule has 0 fully saturated rings. The van der Waals surface area contributed by atoms with Gasteiger partial charge in [-0.15, -0.1) is 0 Å². The minimum atomic E-state index is -0.693. The number of rotatable bonds is 7. The van der Waals surface area contributed by atoms with Gasteiger partial charge in [0.1, 0.15) is 0 Å². The Bertz CT molecular complexity index is 6400. The number of aromatic nitrogens is 2. The highest BCUT2D eigenvalue weighted by Gasteiger charge is 2.45. The molecule has 4 nitrogen and oxygen atoms in total. The third-order valence-corrected chi connectivity index (χ3v) is 20.9. The molecule has 0 saturated heterocycles. The molecular formula is C96H95BN4. The molecule has 12 aromatic carbocycles. The molecule has 0 aliphatic carbocycles. The molecule has 0 unspecified atom stereocenters. The lowest BCUT2D eigenvalue weighted by atomic mass is 9.33. The second-order valence-corrected chi connectivity index (χ2v) is 34.1. The zero-order valence-electron chi connectivity index (χ0n) is 77.3. The summed E-state index contributed by atoms with van der Waals surface area (Å²) in [5, 5.41) is -0.356. The van der Waals surface area contributed by atoms with Gasteiger partial charge >= 0.3 is 0 Å². The van der Waals surface area contributed by atoms with Gasteiger partial charge in [0, 0.05) is 61.4 Å². The van der Waals surface area contributed by atoms with Crippen LogP contribution in [-0.4, -0.2) is 15.8 Å². The van der Waals surface area contributed by atoms with Crippen molar-refractivity contribution in [1.29, 1.82) is 0 Å². The van der Waals surface area contributed by atoms with Crippen LogP contribution in [0.1, 0.15) is 180 Å². The number of hydrogen-bond donors (Lipinski definition) is 0. The van der Waals surface area contributed by atoms with Gasteiger partial charge in [-0.25, -0.2) is 0 Å². The molecule has 0 bridgehead atoms. The van der Waals surface area contributed by atoms with Crippen LogP contribution in [0, 0.1) is 0 Å². The quantitative estimate of drug-likeness (QED) is 0.148. The molecule has 14 aromatic rings. The fraction of sp³-hybridized carbons (Fsp3) is 0.250. The van der Waals surface area contributed by atoms with Crippen molar-refractivity contribution in [3.63, 3.8) is 0 Å². The van der Waals surface area contributed by atoms with Crippen molar-refractivity contribution in [3.8, 4) is 44.8 Å². The Labute approximate surface area is 622 Å². The van der Waals surface area contributed by atoms with Gasteiger partial charge in [-0.2, -0.15) is 0 Å². The first kappa shape index (κ1) is 49.4. The van der Waals surface area contributed by atoms with E-state index in [0.717, 1.165) is 83.4 Å². The summed E-state index contributed by atoms with van der Waals surface area (Å²) in [6.07, 6.45) is 0. The van der Waals surface area contributed by atoms with Gasteiger partial charge < -0.3 is 18.9 Å². The average Bonchev–Trinajstić information content (AvgIpc) is 1.48. The first-order valence-electron chi connectivity index (χ1n) is 43.3. The number of benzene rings is 12. The molecule has 2 aliphatic heterocycles. The van der Waals surface area contributed by atoms with E-state index in [1.807, 2.05) is 42.5 Å².